The summed E-state index contributed by atoms with van der Waals surface area (Å²) in [6, 6.07) is 11.3. The standard InChI is InChI=1S/C15H14N2O2/c1-8(18)19-15-13-6-9(16)2-4-11(13)12-5-3-10(17)7-14(12)15/h2-7,15H,16-17H2,1H3. The molecule has 1 aliphatic carbocycles. The molecule has 0 saturated heterocycles. The maximum absolute atomic E-state index is 11.3. The third-order valence-electron chi connectivity index (χ3n) is 3.29. The van der Waals surface area contributed by atoms with E-state index in [0.717, 1.165) is 22.3 Å². The number of fused-ring (bicyclic) bond motifs is 3. The quantitative estimate of drug-likeness (QED) is 0.605. The number of anilines is 2. The monoisotopic (exact) mass is 254 g/mol. The highest BCUT2D eigenvalue weighted by Gasteiger charge is 2.31. The summed E-state index contributed by atoms with van der Waals surface area (Å²) in [5, 5.41) is 0. The van der Waals surface area contributed by atoms with Crippen molar-refractivity contribution in [2.45, 2.75) is 13.0 Å². The molecule has 4 nitrogen and oxygen atoms in total. The first kappa shape index (κ1) is 11.6. The molecule has 0 aromatic heterocycles. The van der Waals surface area contributed by atoms with E-state index in [1.807, 2.05) is 36.4 Å². The van der Waals surface area contributed by atoms with Gasteiger partial charge in [-0.25, -0.2) is 0 Å². The average molecular weight is 254 g/mol. The molecule has 0 heterocycles. The van der Waals surface area contributed by atoms with Gasteiger partial charge in [0.05, 0.1) is 0 Å². The Morgan fingerprint density at radius 1 is 1.00 bits per heavy atom. The molecule has 19 heavy (non-hydrogen) atoms. The van der Waals surface area contributed by atoms with Gasteiger partial charge in [-0.1, -0.05) is 12.1 Å². The van der Waals surface area contributed by atoms with Gasteiger partial charge in [0.1, 0.15) is 0 Å². The maximum Gasteiger partial charge on any atom is 0.303 e. The second-order valence-electron chi connectivity index (χ2n) is 4.68. The molecule has 0 atom stereocenters. The summed E-state index contributed by atoms with van der Waals surface area (Å²) >= 11 is 0. The van der Waals surface area contributed by atoms with Crippen LogP contribution >= 0.6 is 0 Å². The maximum atomic E-state index is 11.3. The van der Waals surface area contributed by atoms with Gasteiger partial charge in [-0.05, 0) is 35.4 Å². The number of carbonyl (C=O) groups excluding carboxylic acids is 1. The van der Waals surface area contributed by atoms with E-state index in [1.54, 1.807) is 0 Å². The summed E-state index contributed by atoms with van der Waals surface area (Å²) in [6.07, 6.45) is -0.422. The van der Waals surface area contributed by atoms with Crippen molar-refractivity contribution in [3.05, 3.63) is 47.5 Å². The molecule has 0 unspecified atom stereocenters. The number of hydrogen-bond acceptors (Lipinski definition) is 4. The normalized spacial score (nSPS) is 12.9. The van der Waals surface area contributed by atoms with Crippen LogP contribution in [0.1, 0.15) is 24.2 Å². The number of benzene rings is 2. The zero-order chi connectivity index (χ0) is 13.6. The highest BCUT2D eigenvalue weighted by Crippen LogP contribution is 2.46. The molecule has 1 aliphatic rings. The number of carbonyl (C=O) groups is 1. The third kappa shape index (κ3) is 1.81. The topological polar surface area (TPSA) is 78.3 Å². The van der Waals surface area contributed by atoms with Crippen LogP contribution in [0, 0.1) is 0 Å². The van der Waals surface area contributed by atoms with Crippen molar-refractivity contribution in [1.82, 2.24) is 0 Å². The van der Waals surface area contributed by atoms with E-state index >= 15 is 0 Å². The summed E-state index contributed by atoms with van der Waals surface area (Å²) in [7, 11) is 0. The lowest BCUT2D eigenvalue weighted by Gasteiger charge is -2.14. The zero-order valence-electron chi connectivity index (χ0n) is 10.5. The van der Waals surface area contributed by atoms with Crippen LogP contribution in [0.5, 0.6) is 0 Å². The number of hydrogen-bond donors (Lipinski definition) is 2. The Morgan fingerprint density at radius 2 is 1.47 bits per heavy atom. The minimum atomic E-state index is -0.422. The first-order valence-electron chi connectivity index (χ1n) is 6.02. The van der Waals surface area contributed by atoms with Crippen LogP contribution in [0.25, 0.3) is 11.1 Å². The van der Waals surface area contributed by atoms with Crippen LogP contribution in [0.4, 0.5) is 11.4 Å². The van der Waals surface area contributed by atoms with E-state index < -0.39 is 6.10 Å². The van der Waals surface area contributed by atoms with Gasteiger partial charge < -0.3 is 16.2 Å². The van der Waals surface area contributed by atoms with Crippen LogP contribution in [0.15, 0.2) is 36.4 Å². The number of ether oxygens (including phenoxy) is 1. The predicted octanol–water partition coefficient (Wildman–Crippen LogP) is 2.48. The second kappa shape index (κ2) is 4.02. The molecule has 4 heteroatoms. The molecule has 0 bridgehead atoms. The van der Waals surface area contributed by atoms with Gasteiger partial charge in [0.25, 0.3) is 0 Å². The fourth-order valence-electron chi connectivity index (χ4n) is 2.55. The molecular formula is C15H14N2O2. The van der Waals surface area contributed by atoms with E-state index in [2.05, 4.69) is 0 Å². The molecule has 96 valence electrons. The lowest BCUT2D eigenvalue weighted by atomic mass is 10.1. The summed E-state index contributed by atoms with van der Waals surface area (Å²) in [6.45, 7) is 1.40. The summed E-state index contributed by atoms with van der Waals surface area (Å²) in [4.78, 5) is 11.3. The van der Waals surface area contributed by atoms with E-state index in [1.165, 1.54) is 6.92 Å². The minimum absolute atomic E-state index is 0.325. The Morgan fingerprint density at radius 3 is 1.89 bits per heavy atom. The van der Waals surface area contributed by atoms with Crippen molar-refractivity contribution in [1.29, 1.82) is 0 Å². The van der Waals surface area contributed by atoms with Gasteiger partial charge >= 0.3 is 5.97 Å². The number of rotatable bonds is 1. The van der Waals surface area contributed by atoms with Crippen molar-refractivity contribution < 1.29 is 9.53 Å². The van der Waals surface area contributed by atoms with Crippen LogP contribution in [0.2, 0.25) is 0 Å². The molecule has 0 radical (unpaired) electrons. The van der Waals surface area contributed by atoms with Crippen LogP contribution in [-0.4, -0.2) is 5.97 Å². The Balaban J connectivity index is 2.22. The van der Waals surface area contributed by atoms with E-state index in [9.17, 15) is 4.79 Å². The van der Waals surface area contributed by atoms with Crippen LogP contribution < -0.4 is 11.5 Å². The van der Waals surface area contributed by atoms with Gasteiger partial charge in [-0.2, -0.15) is 0 Å². The average Bonchev–Trinajstić information content (AvgIpc) is 2.62. The Labute approximate surface area is 111 Å². The molecule has 2 aromatic rings. The summed E-state index contributed by atoms with van der Waals surface area (Å²) in [5.74, 6) is -0.325. The number of esters is 1. The molecule has 2 aromatic carbocycles. The Bertz CT molecular complexity index is 628. The third-order valence-corrected chi connectivity index (χ3v) is 3.29. The van der Waals surface area contributed by atoms with Gasteiger partial charge in [0.15, 0.2) is 6.10 Å². The van der Waals surface area contributed by atoms with Gasteiger partial charge in [0, 0.05) is 29.4 Å². The van der Waals surface area contributed by atoms with E-state index in [0.29, 0.717) is 11.4 Å². The van der Waals surface area contributed by atoms with Crippen LogP contribution in [0.3, 0.4) is 0 Å². The molecule has 3 rings (SSSR count). The SMILES string of the molecule is CC(=O)OC1c2cc(N)ccc2-c2ccc(N)cc21. The fourth-order valence-corrected chi connectivity index (χ4v) is 2.55. The Hall–Kier alpha value is -2.49. The molecule has 0 aliphatic heterocycles. The van der Waals surface area contributed by atoms with Gasteiger partial charge in [0.2, 0.25) is 0 Å². The first-order chi connectivity index (χ1) is 9.06. The van der Waals surface area contributed by atoms with E-state index in [4.69, 9.17) is 16.2 Å². The number of nitrogen functional groups attached to an aromatic ring is 2. The summed E-state index contributed by atoms with van der Waals surface area (Å²) in [5.41, 5.74) is 16.8. The zero-order valence-corrected chi connectivity index (χ0v) is 10.5. The second-order valence-corrected chi connectivity index (χ2v) is 4.68. The van der Waals surface area contributed by atoms with Gasteiger partial charge in [-0.3, -0.25) is 4.79 Å². The fraction of sp³-hybridized carbons (Fsp3) is 0.133. The predicted molar refractivity (Wildman–Crippen MR) is 74.3 cm³/mol. The smallest absolute Gasteiger partial charge is 0.303 e. The first-order valence-corrected chi connectivity index (χ1v) is 6.02. The lowest BCUT2D eigenvalue weighted by Crippen LogP contribution is -2.07. The minimum Gasteiger partial charge on any atom is -0.453 e. The molecule has 4 N–H and O–H groups in total. The molecule has 0 fully saturated rings. The highest BCUT2D eigenvalue weighted by atomic mass is 16.5. The highest BCUT2D eigenvalue weighted by molar-refractivity contribution is 5.82. The van der Waals surface area contributed by atoms with Crippen molar-refractivity contribution in [2.24, 2.45) is 0 Å². The van der Waals surface area contributed by atoms with Crippen molar-refractivity contribution in [3.8, 4) is 11.1 Å². The Kier molecular flexibility index (Phi) is 2.45. The lowest BCUT2D eigenvalue weighted by molar-refractivity contribution is -0.144. The van der Waals surface area contributed by atoms with E-state index in [-0.39, 0.29) is 5.97 Å². The van der Waals surface area contributed by atoms with Crippen molar-refractivity contribution in [2.75, 3.05) is 11.5 Å². The van der Waals surface area contributed by atoms with Gasteiger partial charge in [-0.15, -0.1) is 0 Å². The number of nitrogens with two attached hydrogens (primary N) is 2. The molecule has 0 spiro atoms. The van der Waals surface area contributed by atoms with Crippen LogP contribution in [-0.2, 0) is 9.53 Å². The van der Waals surface area contributed by atoms with Crippen molar-refractivity contribution in [3.63, 3.8) is 0 Å². The summed E-state index contributed by atoms with van der Waals surface area (Å²) < 4.78 is 5.42. The molecule has 0 saturated carbocycles. The largest absolute Gasteiger partial charge is 0.453 e. The molecule has 0 amide bonds. The van der Waals surface area contributed by atoms with Crippen molar-refractivity contribution >= 4 is 17.3 Å². The molecular weight excluding hydrogens is 240 g/mol.